The van der Waals surface area contributed by atoms with Gasteiger partial charge in [-0.05, 0) is 50.2 Å². The van der Waals surface area contributed by atoms with E-state index in [-0.39, 0.29) is 17.9 Å². The Bertz CT molecular complexity index is 848. The number of Topliss-reactive ketones (excluding diaryl/α,β-unsaturated/α-hetero) is 1. The van der Waals surface area contributed by atoms with Crippen molar-refractivity contribution in [1.29, 1.82) is 0 Å². The van der Waals surface area contributed by atoms with Crippen LogP contribution in [0.5, 0.6) is 0 Å². The number of carbonyl (C=O) groups excluding carboxylic acids is 2. The maximum atomic E-state index is 12.1. The summed E-state index contributed by atoms with van der Waals surface area (Å²) in [6, 6.07) is 15.8. The van der Waals surface area contributed by atoms with Crippen molar-refractivity contribution in [2.75, 3.05) is 5.32 Å². The summed E-state index contributed by atoms with van der Waals surface area (Å²) < 4.78 is 5.74. The quantitative estimate of drug-likeness (QED) is 0.694. The molecular weight excluding hydrogens is 304 g/mol. The van der Waals surface area contributed by atoms with E-state index in [0.29, 0.717) is 17.0 Å². The second kappa shape index (κ2) is 6.58. The Kier molecular flexibility index (Phi) is 4.33. The van der Waals surface area contributed by atoms with Crippen LogP contribution >= 0.6 is 0 Å². The fourth-order valence-electron chi connectivity index (χ4n) is 2.44. The zero-order valence-electron chi connectivity index (χ0n) is 13.5. The second-order valence-corrected chi connectivity index (χ2v) is 5.64. The first-order valence-corrected chi connectivity index (χ1v) is 7.70. The van der Waals surface area contributed by atoms with Gasteiger partial charge in [-0.25, -0.2) is 4.79 Å². The van der Waals surface area contributed by atoms with Crippen LogP contribution in [0.3, 0.4) is 0 Å². The first-order valence-electron chi connectivity index (χ1n) is 7.70. The molecule has 122 valence electrons. The van der Waals surface area contributed by atoms with Gasteiger partial charge in [-0.3, -0.25) is 4.79 Å². The third-order valence-electron chi connectivity index (χ3n) is 3.77. The molecular formula is C19H18N2O3. The summed E-state index contributed by atoms with van der Waals surface area (Å²) in [6.45, 7) is 3.36. The number of anilines is 1. The predicted molar refractivity (Wildman–Crippen MR) is 93.2 cm³/mol. The lowest BCUT2D eigenvalue weighted by Crippen LogP contribution is -2.30. The Morgan fingerprint density at radius 3 is 2.42 bits per heavy atom. The monoisotopic (exact) mass is 322 g/mol. The van der Waals surface area contributed by atoms with Crippen molar-refractivity contribution in [3.63, 3.8) is 0 Å². The first-order chi connectivity index (χ1) is 11.5. The molecule has 1 aromatic heterocycles. The van der Waals surface area contributed by atoms with E-state index in [0.717, 1.165) is 11.0 Å². The number of furan rings is 1. The molecule has 3 rings (SSSR count). The first kappa shape index (κ1) is 15.8. The minimum Gasteiger partial charge on any atom is -0.459 e. The molecule has 2 aromatic carbocycles. The van der Waals surface area contributed by atoms with Gasteiger partial charge in [0.2, 0.25) is 0 Å². The van der Waals surface area contributed by atoms with Crippen molar-refractivity contribution in [3.8, 4) is 0 Å². The van der Waals surface area contributed by atoms with E-state index in [1.807, 2.05) is 37.3 Å². The molecule has 1 heterocycles. The molecule has 0 saturated heterocycles. The zero-order chi connectivity index (χ0) is 17.1. The van der Waals surface area contributed by atoms with Gasteiger partial charge in [0.25, 0.3) is 0 Å². The number of fused-ring (bicyclic) bond motifs is 1. The normalized spacial score (nSPS) is 11.9. The number of amides is 2. The van der Waals surface area contributed by atoms with Crippen LogP contribution in [0.1, 0.15) is 36.0 Å². The van der Waals surface area contributed by atoms with E-state index in [2.05, 4.69) is 10.6 Å². The molecule has 3 aromatic rings. The van der Waals surface area contributed by atoms with Gasteiger partial charge in [0.1, 0.15) is 11.3 Å². The van der Waals surface area contributed by atoms with Crippen molar-refractivity contribution < 1.29 is 14.0 Å². The van der Waals surface area contributed by atoms with Crippen LogP contribution in [0.25, 0.3) is 11.0 Å². The SMILES string of the molecule is CC(=O)c1ccc(NC(=O)NC(C)c2cc3ccccc3o2)cc1. The molecule has 5 nitrogen and oxygen atoms in total. The fourth-order valence-corrected chi connectivity index (χ4v) is 2.44. The van der Waals surface area contributed by atoms with Crippen LogP contribution in [0.15, 0.2) is 59.0 Å². The summed E-state index contributed by atoms with van der Waals surface area (Å²) in [4.78, 5) is 23.3. The number of ketones is 1. The standard InChI is InChI=1S/C19H18N2O3/c1-12(18-11-15-5-3-4-6-17(15)24-18)20-19(23)21-16-9-7-14(8-10-16)13(2)22/h3-12H,1-2H3,(H2,20,21,23). The smallest absolute Gasteiger partial charge is 0.319 e. The molecule has 0 aliphatic rings. The fraction of sp³-hybridized carbons (Fsp3) is 0.158. The average molecular weight is 322 g/mol. The van der Waals surface area contributed by atoms with Gasteiger partial charge in [-0.15, -0.1) is 0 Å². The molecule has 1 unspecified atom stereocenters. The molecule has 0 aliphatic heterocycles. The number of hydrogen-bond donors (Lipinski definition) is 2. The third-order valence-corrected chi connectivity index (χ3v) is 3.77. The van der Waals surface area contributed by atoms with Crippen LogP contribution in [0, 0.1) is 0 Å². The highest BCUT2D eigenvalue weighted by molar-refractivity contribution is 5.95. The van der Waals surface area contributed by atoms with E-state index in [4.69, 9.17) is 4.42 Å². The van der Waals surface area contributed by atoms with E-state index >= 15 is 0 Å². The lowest BCUT2D eigenvalue weighted by Gasteiger charge is -2.12. The molecule has 2 N–H and O–H groups in total. The summed E-state index contributed by atoms with van der Waals surface area (Å²) in [6.07, 6.45) is 0. The van der Waals surface area contributed by atoms with E-state index < -0.39 is 0 Å². The summed E-state index contributed by atoms with van der Waals surface area (Å²) in [5, 5.41) is 6.57. The minimum absolute atomic E-state index is 0.00971. The molecule has 1 atom stereocenters. The summed E-state index contributed by atoms with van der Waals surface area (Å²) in [5.74, 6) is 0.683. The number of nitrogens with one attached hydrogen (secondary N) is 2. The lowest BCUT2D eigenvalue weighted by atomic mass is 10.1. The Hall–Kier alpha value is -3.08. The second-order valence-electron chi connectivity index (χ2n) is 5.64. The summed E-state index contributed by atoms with van der Waals surface area (Å²) >= 11 is 0. The zero-order valence-corrected chi connectivity index (χ0v) is 13.5. The van der Waals surface area contributed by atoms with Crippen LogP contribution in [0.4, 0.5) is 10.5 Å². The lowest BCUT2D eigenvalue weighted by molar-refractivity contribution is 0.101. The van der Waals surface area contributed by atoms with Crippen molar-refractivity contribution in [3.05, 3.63) is 65.9 Å². The van der Waals surface area contributed by atoms with Crippen LogP contribution in [-0.4, -0.2) is 11.8 Å². The maximum absolute atomic E-state index is 12.1. The number of carbonyl (C=O) groups is 2. The van der Waals surface area contributed by atoms with Gasteiger partial charge in [0.05, 0.1) is 6.04 Å². The summed E-state index contributed by atoms with van der Waals surface area (Å²) in [7, 11) is 0. The molecule has 0 radical (unpaired) electrons. The molecule has 0 bridgehead atoms. The highest BCUT2D eigenvalue weighted by Crippen LogP contribution is 2.23. The maximum Gasteiger partial charge on any atom is 0.319 e. The molecule has 0 saturated carbocycles. The number of para-hydroxylation sites is 1. The number of urea groups is 1. The van der Waals surface area contributed by atoms with Gasteiger partial charge in [-0.2, -0.15) is 0 Å². The van der Waals surface area contributed by atoms with Gasteiger partial charge < -0.3 is 15.1 Å². The number of benzene rings is 2. The predicted octanol–water partition coefficient (Wildman–Crippen LogP) is 4.52. The van der Waals surface area contributed by atoms with Crippen molar-refractivity contribution >= 4 is 28.5 Å². The van der Waals surface area contributed by atoms with Crippen LogP contribution in [0.2, 0.25) is 0 Å². The molecule has 2 amide bonds. The largest absolute Gasteiger partial charge is 0.459 e. The van der Waals surface area contributed by atoms with E-state index in [1.165, 1.54) is 6.92 Å². The number of hydrogen-bond acceptors (Lipinski definition) is 3. The van der Waals surface area contributed by atoms with Gasteiger partial charge in [0.15, 0.2) is 5.78 Å². The van der Waals surface area contributed by atoms with Crippen molar-refractivity contribution in [2.24, 2.45) is 0 Å². The molecule has 0 fully saturated rings. The Morgan fingerprint density at radius 2 is 1.75 bits per heavy atom. The van der Waals surface area contributed by atoms with Gasteiger partial charge >= 0.3 is 6.03 Å². The highest BCUT2D eigenvalue weighted by Gasteiger charge is 2.14. The molecule has 5 heteroatoms. The van der Waals surface area contributed by atoms with E-state index in [1.54, 1.807) is 24.3 Å². The van der Waals surface area contributed by atoms with Gasteiger partial charge in [-0.1, -0.05) is 18.2 Å². The van der Waals surface area contributed by atoms with Crippen molar-refractivity contribution in [2.45, 2.75) is 19.9 Å². The summed E-state index contributed by atoms with van der Waals surface area (Å²) in [5.41, 5.74) is 2.02. The Balaban J connectivity index is 1.64. The Labute approximate surface area is 139 Å². The molecule has 24 heavy (non-hydrogen) atoms. The molecule has 0 spiro atoms. The average Bonchev–Trinajstić information content (AvgIpc) is 2.99. The Morgan fingerprint density at radius 1 is 1.04 bits per heavy atom. The number of rotatable bonds is 4. The minimum atomic E-state index is -0.335. The van der Waals surface area contributed by atoms with Gasteiger partial charge in [0, 0.05) is 16.6 Å². The van der Waals surface area contributed by atoms with Crippen LogP contribution < -0.4 is 10.6 Å². The third kappa shape index (κ3) is 3.46. The highest BCUT2D eigenvalue weighted by atomic mass is 16.3. The van der Waals surface area contributed by atoms with Crippen LogP contribution in [-0.2, 0) is 0 Å². The topological polar surface area (TPSA) is 71.3 Å². The van der Waals surface area contributed by atoms with E-state index in [9.17, 15) is 9.59 Å². The van der Waals surface area contributed by atoms with Crippen molar-refractivity contribution in [1.82, 2.24) is 5.32 Å². The molecule has 0 aliphatic carbocycles.